The summed E-state index contributed by atoms with van der Waals surface area (Å²) in [5.41, 5.74) is 6.85. The van der Waals surface area contributed by atoms with Gasteiger partial charge in [0.25, 0.3) is 0 Å². The van der Waals surface area contributed by atoms with E-state index in [-0.39, 0.29) is 11.4 Å². The van der Waals surface area contributed by atoms with Gasteiger partial charge in [-0.1, -0.05) is 6.07 Å². The summed E-state index contributed by atoms with van der Waals surface area (Å²) < 4.78 is 37.4. The summed E-state index contributed by atoms with van der Waals surface area (Å²) in [6.07, 6.45) is -5.58. The number of rotatable bonds is 4. The van der Waals surface area contributed by atoms with Crippen LogP contribution in [0.5, 0.6) is 0 Å². The number of halogens is 3. The molecule has 2 rings (SSSR count). The number of benzene rings is 2. The highest BCUT2D eigenvalue weighted by molar-refractivity contribution is 5.87. The van der Waals surface area contributed by atoms with Crippen molar-refractivity contribution in [2.45, 2.75) is 12.7 Å². The second kappa shape index (κ2) is 6.47. The van der Waals surface area contributed by atoms with Crippen molar-refractivity contribution in [3.8, 4) is 0 Å². The molecule has 0 spiro atoms. The molecule has 0 unspecified atom stereocenters. The van der Waals surface area contributed by atoms with Crippen molar-refractivity contribution < 1.29 is 23.1 Å². The van der Waals surface area contributed by atoms with E-state index in [9.17, 15) is 18.0 Å². The Labute approximate surface area is 129 Å². The number of alkyl halides is 3. The minimum Gasteiger partial charge on any atom is -0.465 e. The number of hydrogen-bond donors (Lipinski definition) is 4. The predicted molar refractivity (Wildman–Crippen MR) is 81.3 cm³/mol. The second-order valence-electron chi connectivity index (χ2n) is 4.78. The lowest BCUT2D eigenvalue weighted by Crippen LogP contribution is -2.10. The Kier molecular flexibility index (Phi) is 4.63. The van der Waals surface area contributed by atoms with E-state index in [1.54, 1.807) is 12.1 Å². The van der Waals surface area contributed by atoms with Crippen LogP contribution in [0, 0.1) is 0 Å². The van der Waals surface area contributed by atoms with Gasteiger partial charge in [0.15, 0.2) is 0 Å². The summed E-state index contributed by atoms with van der Waals surface area (Å²) in [6.45, 7) is 0.336. The molecule has 0 radical (unpaired) electrons. The van der Waals surface area contributed by atoms with Gasteiger partial charge in [-0.15, -0.1) is 0 Å². The first kappa shape index (κ1) is 16.5. The number of carbonyl (C=O) groups is 1. The van der Waals surface area contributed by atoms with E-state index in [0.717, 1.165) is 17.7 Å². The van der Waals surface area contributed by atoms with Crippen LogP contribution < -0.4 is 16.4 Å². The fraction of sp³-hybridized carbons (Fsp3) is 0.133. The summed E-state index contributed by atoms with van der Waals surface area (Å²) in [4.78, 5) is 10.6. The van der Waals surface area contributed by atoms with Crippen LogP contribution in [-0.2, 0) is 12.7 Å². The molecule has 5 N–H and O–H groups in total. The van der Waals surface area contributed by atoms with E-state index in [0.29, 0.717) is 12.2 Å². The fourth-order valence-corrected chi connectivity index (χ4v) is 1.93. The topological polar surface area (TPSA) is 87.4 Å². The van der Waals surface area contributed by atoms with Crippen LogP contribution in [0.2, 0.25) is 0 Å². The maximum atomic E-state index is 12.5. The smallest absolute Gasteiger partial charge is 0.416 e. The van der Waals surface area contributed by atoms with E-state index < -0.39 is 17.8 Å². The predicted octanol–water partition coefficient (Wildman–Crippen LogP) is 3.99. The van der Waals surface area contributed by atoms with E-state index >= 15 is 0 Å². The molecule has 1 amide bonds. The van der Waals surface area contributed by atoms with E-state index in [1.807, 2.05) is 0 Å². The maximum Gasteiger partial charge on any atom is 0.416 e. The third-order valence-corrected chi connectivity index (χ3v) is 3.07. The fourth-order valence-electron chi connectivity index (χ4n) is 1.93. The van der Waals surface area contributed by atoms with Crippen LogP contribution in [0.25, 0.3) is 0 Å². The van der Waals surface area contributed by atoms with Gasteiger partial charge in [-0.3, -0.25) is 5.32 Å². The Morgan fingerprint density at radius 2 is 1.78 bits per heavy atom. The number of nitrogen functional groups attached to an aromatic ring is 1. The lowest BCUT2D eigenvalue weighted by Gasteiger charge is -2.11. The zero-order chi connectivity index (χ0) is 17.0. The quantitative estimate of drug-likeness (QED) is 0.640. The van der Waals surface area contributed by atoms with Gasteiger partial charge in [0.2, 0.25) is 0 Å². The summed E-state index contributed by atoms with van der Waals surface area (Å²) >= 11 is 0. The first-order valence-electron chi connectivity index (χ1n) is 6.55. The van der Waals surface area contributed by atoms with Crippen LogP contribution >= 0.6 is 0 Å². The van der Waals surface area contributed by atoms with E-state index in [2.05, 4.69) is 10.6 Å². The standard InChI is InChI=1S/C15H14F3N3O2/c16-15(17,18)10-2-4-11(5-3-10)20-8-9-1-6-13(12(19)7-9)21-14(22)23/h1-7,20-21H,8,19H2,(H,22,23). The van der Waals surface area contributed by atoms with Crippen LogP contribution in [-0.4, -0.2) is 11.2 Å². The highest BCUT2D eigenvalue weighted by atomic mass is 19.4. The van der Waals surface area contributed by atoms with Crippen molar-refractivity contribution in [2.24, 2.45) is 0 Å². The molecular weight excluding hydrogens is 311 g/mol. The summed E-state index contributed by atoms with van der Waals surface area (Å²) in [5, 5.41) is 13.8. The molecule has 0 saturated carbocycles. The minimum absolute atomic E-state index is 0.263. The van der Waals surface area contributed by atoms with E-state index in [4.69, 9.17) is 10.8 Å². The molecule has 2 aromatic carbocycles. The van der Waals surface area contributed by atoms with Gasteiger partial charge in [0, 0.05) is 12.2 Å². The van der Waals surface area contributed by atoms with Gasteiger partial charge in [0.1, 0.15) is 0 Å². The van der Waals surface area contributed by atoms with Crippen molar-refractivity contribution in [1.82, 2.24) is 0 Å². The maximum absolute atomic E-state index is 12.5. The van der Waals surface area contributed by atoms with Gasteiger partial charge in [-0.25, -0.2) is 4.79 Å². The Hall–Kier alpha value is -2.90. The Balaban J connectivity index is 2.01. The molecule has 0 bridgehead atoms. The average Bonchev–Trinajstić information content (AvgIpc) is 2.47. The van der Waals surface area contributed by atoms with Crippen LogP contribution in [0.1, 0.15) is 11.1 Å². The lowest BCUT2D eigenvalue weighted by molar-refractivity contribution is -0.137. The molecule has 0 aliphatic rings. The van der Waals surface area contributed by atoms with Crippen molar-refractivity contribution in [3.05, 3.63) is 53.6 Å². The lowest BCUT2D eigenvalue weighted by atomic mass is 10.1. The van der Waals surface area contributed by atoms with Crippen LogP contribution in [0.15, 0.2) is 42.5 Å². The van der Waals surface area contributed by atoms with Gasteiger partial charge in [0.05, 0.1) is 16.9 Å². The van der Waals surface area contributed by atoms with Crippen molar-refractivity contribution in [1.29, 1.82) is 0 Å². The Morgan fingerprint density at radius 3 is 2.30 bits per heavy atom. The largest absolute Gasteiger partial charge is 0.465 e. The number of hydrogen-bond acceptors (Lipinski definition) is 3. The average molecular weight is 325 g/mol. The Morgan fingerprint density at radius 1 is 1.13 bits per heavy atom. The molecule has 0 aliphatic heterocycles. The zero-order valence-corrected chi connectivity index (χ0v) is 11.8. The summed E-state index contributed by atoms with van der Waals surface area (Å²) in [6, 6.07) is 9.44. The van der Waals surface area contributed by atoms with Crippen molar-refractivity contribution in [3.63, 3.8) is 0 Å². The molecule has 0 fully saturated rings. The second-order valence-corrected chi connectivity index (χ2v) is 4.78. The monoisotopic (exact) mass is 325 g/mol. The third kappa shape index (κ3) is 4.53. The SMILES string of the molecule is Nc1cc(CNc2ccc(C(F)(F)F)cc2)ccc1NC(=O)O. The molecule has 8 heteroatoms. The van der Waals surface area contributed by atoms with Gasteiger partial charge >= 0.3 is 12.3 Å². The Bertz CT molecular complexity index is 700. The van der Waals surface area contributed by atoms with Crippen LogP contribution in [0.3, 0.4) is 0 Å². The van der Waals surface area contributed by atoms with E-state index in [1.165, 1.54) is 18.2 Å². The van der Waals surface area contributed by atoms with Gasteiger partial charge in [-0.2, -0.15) is 13.2 Å². The molecule has 122 valence electrons. The van der Waals surface area contributed by atoms with Gasteiger partial charge < -0.3 is 16.2 Å². The number of carboxylic acid groups (broad SMARTS) is 1. The third-order valence-electron chi connectivity index (χ3n) is 3.07. The molecule has 0 aromatic heterocycles. The van der Waals surface area contributed by atoms with Crippen LogP contribution in [0.4, 0.5) is 35.0 Å². The molecule has 5 nitrogen and oxygen atoms in total. The van der Waals surface area contributed by atoms with Crippen molar-refractivity contribution >= 4 is 23.2 Å². The molecule has 23 heavy (non-hydrogen) atoms. The van der Waals surface area contributed by atoms with Crippen molar-refractivity contribution in [2.75, 3.05) is 16.4 Å². The molecule has 0 aliphatic carbocycles. The molecule has 0 saturated heterocycles. The number of nitrogens with two attached hydrogens (primary N) is 1. The number of anilines is 3. The highest BCUT2D eigenvalue weighted by Crippen LogP contribution is 2.30. The summed E-state index contributed by atoms with van der Waals surface area (Å²) in [7, 11) is 0. The molecule has 0 heterocycles. The first-order chi connectivity index (χ1) is 10.8. The normalized spacial score (nSPS) is 11.1. The molecule has 2 aromatic rings. The zero-order valence-electron chi connectivity index (χ0n) is 11.8. The van der Waals surface area contributed by atoms with Gasteiger partial charge in [-0.05, 0) is 42.0 Å². The molecule has 0 atom stereocenters. The first-order valence-corrected chi connectivity index (χ1v) is 6.55. The molecular formula is C15H14F3N3O2. The minimum atomic E-state index is -4.36. The number of amides is 1. The number of nitrogens with one attached hydrogen (secondary N) is 2. The summed E-state index contributed by atoms with van der Waals surface area (Å²) in [5.74, 6) is 0. The highest BCUT2D eigenvalue weighted by Gasteiger charge is 2.29.